The molecule has 3 heterocycles. The summed E-state index contributed by atoms with van der Waals surface area (Å²) in [6.45, 7) is 0. The number of hydrogen-bond acceptors (Lipinski definition) is 1. The Hall–Kier alpha value is -1.81. The van der Waals surface area contributed by atoms with E-state index in [4.69, 9.17) is 0 Å². The van der Waals surface area contributed by atoms with E-state index in [2.05, 4.69) is 42.4 Å². The van der Waals surface area contributed by atoms with Crippen LogP contribution in [-0.2, 0) is 0 Å². The number of aromatic nitrogens is 3. The highest BCUT2D eigenvalue weighted by atomic mass is 79.9. The van der Waals surface area contributed by atoms with Crippen molar-refractivity contribution in [1.29, 1.82) is 0 Å². The Morgan fingerprint density at radius 3 is 2.88 bits per heavy atom. The van der Waals surface area contributed by atoms with Crippen LogP contribution in [0.1, 0.15) is 0 Å². The maximum atomic E-state index is 4.67. The number of imidazole rings is 1. The summed E-state index contributed by atoms with van der Waals surface area (Å²) in [6.07, 6.45) is 0. The van der Waals surface area contributed by atoms with Gasteiger partial charge in [0.1, 0.15) is 16.8 Å². The largest absolute Gasteiger partial charge is 0.339 e. The Morgan fingerprint density at radius 1 is 1.06 bits per heavy atom. The van der Waals surface area contributed by atoms with Crippen LogP contribution >= 0.6 is 15.9 Å². The van der Waals surface area contributed by atoms with Gasteiger partial charge in [-0.1, -0.05) is 24.3 Å². The Kier molecular flexibility index (Phi) is 1.69. The number of aromatic amines is 1. The zero-order chi connectivity index (χ0) is 11.4. The van der Waals surface area contributed by atoms with E-state index in [1.165, 1.54) is 0 Å². The van der Waals surface area contributed by atoms with E-state index >= 15 is 0 Å². The van der Waals surface area contributed by atoms with Crippen molar-refractivity contribution in [3.8, 4) is 0 Å². The number of para-hydroxylation sites is 1. The summed E-state index contributed by atoms with van der Waals surface area (Å²) >= 11 is 3.56. The van der Waals surface area contributed by atoms with Gasteiger partial charge in [0, 0.05) is 10.9 Å². The summed E-state index contributed by atoms with van der Waals surface area (Å²) in [5.41, 5.74) is 4.13. The van der Waals surface area contributed by atoms with E-state index in [9.17, 15) is 0 Å². The fourth-order valence-electron chi connectivity index (χ4n) is 2.28. The smallest absolute Gasteiger partial charge is 0.144 e. The van der Waals surface area contributed by atoms with Gasteiger partial charge in [0.05, 0.1) is 4.60 Å². The van der Waals surface area contributed by atoms with Gasteiger partial charge in [-0.2, -0.15) is 0 Å². The van der Waals surface area contributed by atoms with Crippen LogP contribution in [0, 0.1) is 0 Å². The molecule has 4 rings (SSSR count). The summed E-state index contributed by atoms with van der Waals surface area (Å²) < 4.78 is 3.08. The fourth-order valence-corrected chi connectivity index (χ4v) is 2.79. The number of nitrogens with one attached hydrogen (secondary N) is 1. The summed E-state index contributed by atoms with van der Waals surface area (Å²) in [5, 5.41) is 1.16. The lowest BCUT2D eigenvalue weighted by Crippen LogP contribution is -1.86. The van der Waals surface area contributed by atoms with E-state index in [0.29, 0.717) is 0 Å². The standard InChI is InChI=1S/C13H8BrN3/c14-10-6-3-7-11-16-12-8-4-1-2-5-9(8)15-13(12)17(10)11/h1-7,15H. The minimum absolute atomic E-state index is 0.950. The van der Waals surface area contributed by atoms with Gasteiger partial charge in [0.25, 0.3) is 0 Å². The summed E-state index contributed by atoms with van der Waals surface area (Å²) in [4.78, 5) is 8.08. The van der Waals surface area contributed by atoms with Crippen molar-refractivity contribution in [2.24, 2.45) is 0 Å². The van der Waals surface area contributed by atoms with Crippen LogP contribution in [0.3, 0.4) is 0 Å². The van der Waals surface area contributed by atoms with Crippen molar-refractivity contribution in [1.82, 2.24) is 14.4 Å². The molecule has 0 aliphatic heterocycles. The molecule has 0 bridgehead atoms. The third-order valence-electron chi connectivity index (χ3n) is 3.03. The molecule has 1 N–H and O–H groups in total. The molecule has 0 radical (unpaired) electrons. The minimum atomic E-state index is 0.950. The van der Waals surface area contributed by atoms with E-state index in [1.807, 2.05) is 30.3 Å². The molecule has 0 aliphatic rings. The fraction of sp³-hybridized carbons (Fsp3) is 0. The van der Waals surface area contributed by atoms with Gasteiger partial charge >= 0.3 is 0 Å². The predicted molar refractivity (Wildman–Crippen MR) is 72.3 cm³/mol. The van der Waals surface area contributed by atoms with Crippen molar-refractivity contribution >= 4 is 43.6 Å². The van der Waals surface area contributed by atoms with Gasteiger partial charge in [-0.05, 0) is 34.1 Å². The van der Waals surface area contributed by atoms with Crippen molar-refractivity contribution in [2.75, 3.05) is 0 Å². The lowest BCUT2D eigenvalue weighted by atomic mass is 10.2. The average molecular weight is 286 g/mol. The van der Waals surface area contributed by atoms with Gasteiger partial charge in [-0.3, -0.25) is 4.40 Å². The maximum absolute atomic E-state index is 4.67. The number of hydrogen-bond donors (Lipinski definition) is 1. The molecule has 0 saturated heterocycles. The van der Waals surface area contributed by atoms with E-state index in [0.717, 1.165) is 32.3 Å². The molecule has 3 nitrogen and oxygen atoms in total. The molecule has 0 atom stereocenters. The number of halogens is 1. The Balaban J connectivity index is 2.35. The normalized spacial score (nSPS) is 11.8. The molecule has 0 amide bonds. The van der Waals surface area contributed by atoms with Crippen LogP contribution in [0.2, 0.25) is 0 Å². The average Bonchev–Trinajstić information content (AvgIpc) is 2.85. The molecule has 4 aromatic rings. The summed E-state index contributed by atoms with van der Waals surface area (Å²) in [7, 11) is 0. The van der Waals surface area contributed by atoms with Crippen LogP contribution in [0.5, 0.6) is 0 Å². The highest BCUT2D eigenvalue weighted by molar-refractivity contribution is 9.10. The predicted octanol–water partition coefficient (Wildman–Crippen LogP) is 3.73. The quantitative estimate of drug-likeness (QED) is 0.491. The first-order chi connectivity index (χ1) is 8.34. The first-order valence-corrected chi connectivity index (χ1v) is 6.17. The molecule has 82 valence electrons. The second-order valence-corrected chi connectivity index (χ2v) is 4.83. The number of H-pyrrole nitrogens is 1. The number of pyridine rings is 1. The van der Waals surface area contributed by atoms with E-state index < -0.39 is 0 Å². The molecule has 0 saturated carbocycles. The molecule has 0 aliphatic carbocycles. The van der Waals surface area contributed by atoms with Crippen LogP contribution in [0.4, 0.5) is 0 Å². The first-order valence-electron chi connectivity index (χ1n) is 5.38. The first kappa shape index (κ1) is 9.24. The van der Waals surface area contributed by atoms with Gasteiger partial charge in [-0.25, -0.2) is 4.98 Å². The third kappa shape index (κ3) is 1.13. The van der Waals surface area contributed by atoms with Gasteiger partial charge in [0.15, 0.2) is 0 Å². The Bertz CT molecular complexity index is 857. The van der Waals surface area contributed by atoms with Crippen molar-refractivity contribution in [3.63, 3.8) is 0 Å². The monoisotopic (exact) mass is 285 g/mol. The van der Waals surface area contributed by atoms with Gasteiger partial charge < -0.3 is 4.98 Å². The number of fused-ring (bicyclic) bond motifs is 5. The molecular formula is C13H8BrN3. The second kappa shape index (κ2) is 3.11. The topological polar surface area (TPSA) is 33.1 Å². The lowest BCUT2D eigenvalue weighted by molar-refractivity contribution is 1.16. The molecule has 3 aromatic heterocycles. The summed E-state index contributed by atoms with van der Waals surface area (Å²) in [5.74, 6) is 0. The highest BCUT2D eigenvalue weighted by Gasteiger charge is 2.11. The van der Waals surface area contributed by atoms with E-state index in [1.54, 1.807) is 0 Å². The van der Waals surface area contributed by atoms with Crippen LogP contribution in [0.25, 0.3) is 27.7 Å². The molecule has 17 heavy (non-hydrogen) atoms. The highest BCUT2D eigenvalue weighted by Crippen LogP contribution is 2.27. The second-order valence-electron chi connectivity index (χ2n) is 4.02. The molecule has 1 aromatic carbocycles. The van der Waals surface area contributed by atoms with E-state index in [-0.39, 0.29) is 0 Å². The summed E-state index contributed by atoms with van der Waals surface area (Å²) in [6, 6.07) is 14.2. The van der Waals surface area contributed by atoms with Crippen molar-refractivity contribution in [3.05, 3.63) is 47.1 Å². The zero-order valence-corrected chi connectivity index (χ0v) is 10.4. The number of benzene rings is 1. The van der Waals surface area contributed by atoms with Crippen LogP contribution < -0.4 is 0 Å². The molecular weight excluding hydrogens is 278 g/mol. The van der Waals surface area contributed by atoms with Crippen molar-refractivity contribution in [2.45, 2.75) is 0 Å². The lowest BCUT2D eigenvalue weighted by Gasteiger charge is -1.96. The maximum Gasteiger partial charge on any atom is 0.144 e. The molecule has 4 heteroatoms. The Morgan fingerprint density at radius 2 is 1.94 bits per heavy atom. The third-order valence-corrected chi connectivity index (χ3v) is 3.65. The zero-order valence-electron chi connectivity index (χ0n) is 8.81. The van der Waals surface area contributed by atoms with Crippen molar-refractivity contribution < 1.29 is 0 Å². The molecule has 0 spiro atoms. The van der Waals surface area contributed by atoms with Crippen LogP contribution in [-0.4, -0.2) is 14.4 Å². The minimum Gasteiger partial charge on any atom is -0.339 e. The SMILES string of the molecule is Brc1cccc2nc3c4ccccc4[nH]c3n12. The van der Waals surface area contributed by atoms with Gasteiger partial charge in [-0.15, -0.1) is 0 Å². The molecule has 0 fully saturated rings. The molecule has 0 unspecified atom stereocenters. The van der Waals surface area contributed by atoms with Gasteiger partial charge in [0.2, 0.25) is 0 Å². The number of nitrogens with zero attached hydrogens (tertiary/aromatic N) is 2. The van der Waals surface area contributed by atoms with Crippen LogP contribution in [0.15, 0.2) is 47.1 Å². The number of rotatable bonds is 0. The Labute approximate surface area is 105 Å².